The van der Waals surface area contributed by atoms with Crippen LogP contribution >= 0.6 is 0 Å². The second-order valence-corrected chi connectivity index (χ2v) is 19.9. The molecule has 70 heavy (non-hydrogen) atoms. The number of aryl methyl sites for hydroxylation is 7. The van der Waals surface area contributed by atoms with Crippen LogP contribution in [0.2, 0.25) is 0 Å². The number of aliphatic carboxylic acids is 2. The van der Waals surface area contributed by atoms with Crippen molar-refractivity contribution in [3.05, 3.63) is 138 Å². The Labute approximate surface area is 410 Å². The molecule has 370 valence electrons. The molecule has 7 aromatic rings. The number of aromatic nitrogens is 2. The summed E-state index contributed by atoms with van der Waals surface area (Å²) < 4.78 is 17.7. The Balaban J connectivity index is 0.000000222. The van der Waals surface area contributed by atoms with Crippen molar-refractivity contribution in [1.82, 2.24) is 9.97 Å². The number of methoxy groups -OCH3 is 1. The molecule has 0 amide bonds. The molecule has 0 unspecified atom stereocenters. The van der Waals surface area contributed by atoms with Crippen molar-refractivity contribution in [3.8, 4) is 28.0 Å². The van der Waals surface area contributed by atoms with Gasteiger partial charge < -0.3 is 39.7 Å². The van der Waals surface area contributed by atoms with Gasteiger partial charge in [0.05, 0.1) is 34.7 Å². The minimum atomic E-state index is -1.22. The first-order valence-corrected chi connectivity index (χ1v) is 24.0. The Morgan fingerprint density at radius 3 is 1.49 bits per heavy atom. The fourth-order valence-electron chi connectivity index (χ4n) is 9.76. The quantitative estimate of drug-likeness (QED) is 0.0874. The topological polar surface area (TPSA) is 180 Å². The lowest BCUT2D eigenvalue weighted by molar-refractivity contribution is -0.161. The maximum atomic E-state index is 13.2. The Hall–Kier alpha value is -6.76. The lowest BCUT2D eigenvalue weighted by Gasteiger charge is -2.30. The van der Waals surface area contributed by atoms with Crippen LogP contribution in [0.5, 0.6) is 5.75 Å². The number of carbonyl (C=O) groups is 2. The third kappa shape index (κ3) is 10.4. The van der Waals surface area contributed by atoms with Gasteiger partial charge in [-0.15, -0.1) is 0 Å². The third-order valence-electron chi connectivity index (χ3n) is 12.6. The average molecular weight is 952 g/mol. The van der Waals surface area contributed by atoms with Crippen molar-refractivity contribution < 1.29 is 34.0 Å². The maximum Gasteiger partial charge on any atom is 0.337 e. The molecule has 3 heterocycles. The minimum Gasteiger partial charge on any atom is -0.496 e. The maximum absolute atomic E-state index is 13.2. The van der Waals surface area contributed by atoms with Crippen LogP contribution in [0.3, 0.4) is 0 Å². The fourth-order valence-corrected chi connectivity index (χ4v) is 9.76. The van der Waals surface area contributed by atoms with Crippen LogP contribution in [0, 0.1) is 41.5 Å². The van der Waals surface area contributed by atoms with E-state index < -0.39 is 35.3 Å². The van der Waals surface area contributed by atoms with Gasteiger partial charge in [-0.25, -0.2) is 9.59 Å². The normalized spacial score (nSPS) is 13.4. The summed E-state index contributed by atoms with van der Waals surface area (Å²) in [4.78, 5) is 57.2. The Morgan fingerprint density at radius 2 is 1.04 bits per heavy atom. The molecule has 0 saturated heterocycles. The molecule has 12 heteroatoms. The first-order valence-electron chi connectivity index (χ1n) is 24.0. The molecule has 1 aliphatic rings. The van der Waals surface area contributed by atoms with E-state index in [4.69, 9.17) is 14.2 Å². The highest BCUT2D eigenvalue weighted by atomic mass is 16.5. The average Bonchev–Trinajstić information content (AvgIpc) is 3.30. The number of carboxylic acids is 2. The predicted molar refractivity (Wildman–Crippen MR) is 283 cm³/mol. The van der Waals surface area contributed by atoms with E-state index in [0.29, 0.717) is 44.5 Å². The lowest BCUT2D eigenvalue weighted by atomic mass is 9.83. The zero-order chi connectivity index (χ0) is 51.7. The number of benzene rings is 5. The molecule has 12 nitrogen and oxygen atoms in total. The van der Waals surface area contributed by atoms with Gasteiger partial charge in [-0.2, -0.15) is 0 Å². The fraction of sp³-hybridized carbons (Fsp3) is 0.379. The second-order valence-electron chi connectivity index (χ2n) is 19.9. The second kappa shape index (κ2) is 20.7. The van der Waals surface area contributed by atoms with E-state index in [2.05, 4.69) is 15.3 Å². The number of H-pyrrole nitrogens is 2. The molecular formula is C58H69N3O9. The number of nitrogens with one attached hydrogen (secondary N) is 3. The van der Waals surface area contributed by atoms with Crippen LogP contribution in [0.25, 0.3) is 54.8 Å². The van der Waals surface area contributed by atoms with Crippen LogP contribution in [0.4, 0.5) is 5.69 Å². The number of rotatable bonds is 9. The van der Waals surface area contributed by atoms with E-state index in [9.17, 15) is 29.4 Å². The summed E-state index contributed by atoms with van der Waals surface area (Å²) in [6.07, 6.45) is -0.659. The highest BCUT2D eigenvalue weighted by Gasteiger charge is 2.35. The molecule has 0 saturated carbocycles. The van der Waals surface area contributed by atoms with Gasteiger partial charge in [0.25, 0.3) is 11.1 Å². The monoisotopic (exact) mass is 952 g/mol. The van der Waals surface area contributed by atoms with E-state index in [1.54, 1.807) is 13.2 Å². The first-order chi connectivity index (χ1) is 32.9. The van der Waals surface area contributed by atoms with Crippen LogP contribution in [0.15, 0.2) is 76.3 Å². The van der Waals surface area contributed by atoms with Crippen molar-refractivity contribution in [2.24, 2.45) is 0 Å². The van der Waals surface area contributed by atoms with Crippen LogP contribution in [-0.4, -0.2) is 57.0 Å². The summed E-state index contributed by atoms with van der Waals surface area (Å²) in [7, 11) is 1.54. The Kier molecular flexibility index (Phi) is 15.5. The number of anilines is 1. The molecule has 2 atom stereocenters. The SMILES string of the molecule is CC.COc1cccc2c1c(=O)[nH]c1c(C)c([C@H](OC(C)(C)C)C(=O)O)c(-c3ccc(C)cc3)c(C)c12.Cc1ccc(-c2c([C@H](OC(C)(C)C)C(=O)O)c(C)c3[nH]c(=O)c4c(c3c2C)CCCN4)cc1. The first kappa shape index (κ1) is 52.6. The highest BCUT2D eigenvalue weighted by molar-refractivity contribution is 6.12. The van der Waals surface area contributed by atoms with E-state index in [-0.39, 0.29) is 11.1 Å². The summed E-state index contributed by atoms with van der Waals surface area (Å²) in [5.74, 6) is -1.65. The molecular weight excluding hydrogens is 883 g/mol. The van der Waals surface area contributed by atoms with Gasteiger partial charge in [0.1, 0.15) is 11.4 Å². The zero-order valence-electron chi connectivity index (χ0n) is 43.4. The largest absolute Gasteiger partial charge is 0.496 e. The summed E-state index contributed by atoms with van der Waals surface area (Å²) in [5.41, 5.74) is 11.1. The van der Waals surface area contributed by atoms with Gasteiger partial charge in [0.2, 0.25) is 0 Å². The van der Waals surface area contributed by atoms with Gasteiger partial charge in [0.15, 0.2) is 12.2 Å². The number of hydrogen-bond acceptors (Lipinski definition) is 8. The van der Waals surface area contributed by atoms with Crippen molar-refractivity contribution in [2.75, 3.05) is 19.0 Å². The smallest absolute Gasteiger partial charge is 0.337 e. The molecule has 0 aliphatic carbocycles. The molecule has 8 rings (SSSR count). The van der Waals surface area contributed by atoms with Gasteiger partial charge in [-0.05, 0) is 152 Å². The van der Waals surface area contributed by atoms with Crippen molar-refractivity contribution >= 4 is 50.2 Å². The van der Waals surface area contributed by atoms with Crippen molar-refractivity contribution in [3.63, 3.8) is 0 Å². The molecule has 0 fully saturated rings. The van der Waals surface area contributed by atoms with Crippen LogP contribution < -0.4 is 21.2 Å². The van der Waals surface area contributed by atoms with Crippen LogP contribution in [0.1, 0.15) is 124 Å². The summed E-state index contributed by atoms with van der Waals surface area (Å²) in [6, 6.07) is 21.6. The number of carboxylic acid groups (broad SMARTS) is 2. The van der Waals surface area contributed by atoms with E-state index >= 15 is 0 Å². The number of aromatic amines is 2. The number of fused-ring (bicyclic) bond motifs is 6. The summed E-state index contributed by atoms with van der Waals surface area (Å²) in [6.45, 7) is 27.6. The predicted octanol–water partition coefficient (Wildman–Crippen LogP) is 12.7. The number of hydrogen-bond donors (Lipinski definition) is 5. The number of pyridine rings is 2. The Morgan fingerprint density at radius 1 is 0.600 bits per heavy atom. The zero-order valence-corrected chi connectivity index (χ0v) is 43.4. The summed E-state index contributed by atoms with van der Waals surface area (Å²) >= 11 is 0. The molecule has 1 aliphatic heterocycles. The van der Waals surface area contributed by atoms with Crippen molar-refractivity contribution in [1.29, 1.82) is 0 Å². The van der Waals surface area contributed by atoms with E-state index in [0.717, 1.165) is 91.2 Å². The van der Waals surface area contributed by atoms with Gasteiger partial charge in [-0.3, -0.25) is 9.59 Å². The molecule has 0 spiro atoms. The van der Waals surface area contributed by atoms with Gasteiger partial charge >= 0.3 is 11.9 Å². The minimum absolute atomic E-state index is 0.169. The summed E-state index contributed by atoms with van der Waals surface area (Å²) in [5, 5.41) is 26.8. The Bertz CT molecular complexity index is 3240. The molecule has 0 radical (unpaired) electrons. The van der Waals surface area contributed by atoms with Gasteiger partial charge in [-0.1, -0.05) is 85.6 Å². The lowest BCUT2D eigenvalue weighted by Crippen LogP contribution is -2.29. The highest BCUT2D eigenvalue weighted by Crippen LogP contribution is 2.45. The number of ether oxygens (including phenoxy) is 3. The third-order valence-corrected chi connectivity index (χ3v) is 12.6. The molecule has 0 bridgehead atoms. The standard InChI is InChI=1S/C29H31NO5.C27H32N2O4.C2H6/c1-15-11-13-18(14-12-15)21-16(2)22-19-9-8-10-20(34-7)24(19)27(31)30-25(22)17(3)23(21)26(28(32)33)35-29(4,5)6;1-14-9-11-17(12-10-14)19-15(2)20-18-8-7-13-28-23(18)25(30)29-22(20)16(3)21(19)24(26(31)32)33-27(4,5)6;1-2/h8-14,26H,1-7H3,(H,30,31)(H,32,33);9-12,24,28H,7-8,13H2,1-6H3,(H,29,30)(H,31,32);1-2H3/t26-;24-;/m00./s1. The van der Waals surface area contributed by atoms with Crippen molar-refractivity contribution in [2.45, 2.75) is 133 Å². The van der Waals surface area contributed by atoms with E-state index in [1.807, 2.05) is 158 Å². The van der Waals surface area contributed by atoms with Gasteiger partial charge in [0, 0.05) is 33.8 Å². The molecule has 5 N–H and O–H groups in total. The molecule has 5 aromatic carbocycles. The van der Waals surface area contributed by atoms with E-state index in [1.165, 1.54) is 0 Å². The van der Waals surface area contributed by atoms with Crippen LogP contribution in [-0.2, 0) is 25.5 Å². The molecule has 2 aromatic heterocycles.